The Morgan fingerprint density at radius 1 is 1.05 bits per heavy atom. The fourth-order valence-electron chi connectivity index (χ4n) is 2.07. The minimum absolute atomic E-state index is 0.0112. The molecule has 0 amide bonds. The molecule has 0 aliphatic heterocycles. The van der Waals surface area contributed by atoms with Crippen molar-refractivity contribution in [3.63, 3.8) is 0 Å². The highest BCUT2D eigenvalue weighted by Gasteiger charge is 2.08. The maximum atomic E-state index is 12.1. The molecule has 2 nitrogen and oxygen atoms in total. The number of para-hydroxylation sites is 1. The fourth-order valence-corrected chi connectivity index (χ4v) is 2.34. The number of hydrogen-bond donors (Lipinski definition) is 0. The molecule has 0 N–H and O–H groups in total. The van der Waals surface area contributed by atoms with E-state index in [1.165, 1.54) is 0 Å². The van der Waals surface area contributed by atoms with Crippen molar-refractivity contribution in [3.05, 3.63) is 68.8 Å². The Kier molecular flexibility index (Phi) is 2.99. The molecule has 0 aliphatic rings. The summed E-state index contributed by atoms with van der Waals surface area (Å²) in [5.41, 5.74) is 2.51. The summed E-state index contributed by atoms with van der Waals surface area (Å²) in [7, 11) is 0. The van der Waals surface area contributed by atoms with E-state index in [0.29, 0.717) is 16.7 Å². The van der Waals surface area contributed by atoms with Crippen molar-refractivity contribution in [3.8, 4) is 11.3 Å². The topological polar surface area (TPSA) is 30.2 Å². The summed E-state index contributed by atoms with van der Waals surface area (Å²) < 4.78 is 6.88. The Morgan fingerprint density at radius 2 is 1.79 bits per heavy atom. The van der Waals surface area contributed by atoms with Crippen molar-refractivity contribution in [2.45, 2.75) is 6.92 Å². The first kappa shape index (κ1) is 12.2. The van der Waals surface area contributed by atoms with Crippen molar-refractivity contribution < 1.29 is 4.42 Å². The average molecular weight is 315 g/mol. The Balaban J connectivity index is 2.29. The van der Waals surface area contributed by atoms with E-state index in [1.54, 1.807) is 12.1 Å². The van der Waals surface area contributed by atoms with Crippen LogP contribution < -0.4 is 5.43 Å². The number of benzene rings is 2. The average Bonchev–Trinajstić information content (AvgIpc) is 2.41. The maximum Gasteiger partial charge on any atom is 0.193 e. The molecule has 2 aromatic carbocycles. The van der Waals surface area contributed by atoms with Crippen molar-refractivity contribution in [1.29, 1.82) is 0 Å². The third-order valence-electron chi connectivity index (χ3n) is 3.08. The Labute approximate surface area is 118 Å². The Bertz CT molecular complexity index is 801. The molecular formula is C16H11BrO2. The van der Waals surface area contributed by atoms with Crippen LogP contribution >= 0.6 is 15.9 Å². The van der Waals surface area contributed by atoms with Gasteiger partial charge >= 0.3 is 0 Å². The third-order valence-corrected chi connectivity index (χ3v) is 3.61. The van der Waals surface area contributed by atoms with Crippen LogP contribution in [0.2, 0.25) is 0 Å². The van der Waals surface area contributed by atoms with Crippen LogP contribution in [0.15, 0.2) is 62.2 Å². The van der Waals surface area contributed by atoms with Crippen LogP contribution in [-0.2, 0) is 0 Å². The highest BCUT2D eigenvalue weighted by molar-refractivity contribution is 9.10. The molecule has 1 aromatic heterocycles. The van der Waals surface area contributed by atoms with E-state index in [1.807, 2.05) is 43.3 Å². The molecule has 0 saturated carbocycles. The molecule has 19 heavy (non-hydrogen) atoms. The van der Waals surface area contributed by atoms with E-state index in [-0.39, 0.29) is 5.43 Å². The van der Waals surface area contributed by atoms with E-state index in [9.17, 15) is 4.79 Å². The molecule has 0 aliphatic carbocycles. The predicted molar refractivity (Wildman–Crippen MR) is 80.4 cm³/mol. The van der Waals surface area contributed by atoms with Crippen molar-refractivity contribution in [1.82, 2.24) is 0 Å². The standard InChI is InChI=1S/C16H11BrO2/c1-10-3-2-4-13-14(18)9-15(19-16(10)13)11-5-7-12(17)8-6-11/h2-9H,1H3. The van der Waals surface area contributed by atoms with Crippen LogP contribution in [-0.4, -0.2) is 0 Å². The SMILES string of the molecule is Cc1cccc2c(=O)cc(-c3ccc(Br)cc3)oc12. The van der Waals surface area contributed by atoms with Gasteiger partial charge < -0.3 is 4.42 Å². The minimum Gasteiger partial charge on any atom is -0.456 e. The first-order chi connectivity index (χ1) is 9.15. The van der Waals surface area contributed by atoms with Crippen LogP contribution in [0.4, 0.5) is 0 Å². The molecule has 3 rings (SSSR count). The second-order valence-corrected chi connectivity index (χ2v) is 5.35. The Morgan fingerprint density at radius 3 is 2.53 bits per heavy atom. The second kappa shape index (κ2) is 4.67. The predicted octanol–water partition coefficient (Wildman–Crippen LogP) is 4.53. The van der Waals surface area contributed by atoms with E-state index >= 15 is 0 Å². The highest BCUT2D eigenvalue weighted by atomic mass is 79.9. The smallest absolute Gasteiger partial charge is 0.193 e. The molecule has 1 heterocycles. The zero-order chi connectivity index (χ0) is 13.4. The molecule has 0 radical (unpaired) electrons. The summed E-state index contributed by atoms with van der Waals surface area (Å²) in [5, 5.41) is 0.626. The summed E-state index contributed by atoms with van der Waals surface area (Å²) in [6.07, 6.45) is 0. The van der Waals surface area contributed by atoms with Crippen LogP contribution in [0.3, 0.4) is 0 Å². The monoisotopic (exact) mass is 314 g/mol. The van der Waals surface area contributed by atoms with Gasteiger partial charge in [0.2, 0.25) is 0 Å². The summed E-state index contributed by atoms with van der Waals surface area (Å²) in [4.78, 5) is 12.1. The van der Waals surface area contributed by atoms with Crippen LogP contribution in [0.5, 0.6) is 0 Å². The second-order valence-electron chi connectivity index (χ2n) is 4.43. The van der Waals surface area contributed by atoms with Gasteiger partial charge in [-0.15, -0.1) is 0 Å². The molecule has 94 valence electrons. The van der Waals surface area contributed by atoms with Gasteiger partial charge in [0.25, 0.3) is 0 Å². The maximum absolute atomic E-state index is 12.1. The summed E-state index contributed by atoms with van der Waals surface area (Å²) in [5.74, 6) is 0.597. The van der Waals surface area contributed by atoms with Crippen LogP contribution in [0.1, 0.15) is 5.56 Å². The molecule has 0 atom stereocenters. The lowest BCUT2D eigenvalue weighted by molar-refractivity contribution is 0.616. The van der Waals surface area contributed by atoms with Crippen molar-refractivity contribution >= 4 is 26.9 Å². The van der Waals surface area contributed by atoms with Crippen LogP contribution in [0, 0.1) is 6.92 Å². The largest absolute Gasteiger partial charge is 0.456 e. The van der Waals surface area contributed by atoms with Gasteiger partial charge in [0, 0.05) is 16.1 Å². The summed E-state index contributed by atoms with van der Waals surface area (Å²) >= 11 is 3.39. The quantitative estimate of drug-likeness (QED) is 0.660. The van der Waals surface area contributed by atoms with Crippen LogP contribution in [0.25, 0.3) is 22.3 Å². The third kappa shape index (κ3) is 2.22. The first-order valence-corrected chi connectivity index (χ1v) is 6.74. The summed E-state index contributed by atoms with van der Waals surface area (Å²) in [6.45, 7) is 1.94. The number of halogens is 1. The van der Waals surface area contributed by atoms with Gasteiger partial charge in [-0.2, -0.15) is 0 Å². The van der Waals surface area contributed by atoms with E-state index in [2.05, 4.69) is 15.9 Å². The number of rotatable bonds is 1. The van der Waals surface area contributed by atoms with Crippen molar-refractivity contribution in [2.24, 2.45) is 0 Å². The lowest BCUT2D eigenvalue weighted by Crippen LogP contribution is -2.00. The first-order valence-electron chi connectivity index (χ1n) is 5.94. The van der Waals surface area contributed by atoms with E-state index in [4.69, 9.17) is 4.42 Å². The van der Waals surface area contributed by atoms with Gasteiger partial charge in [-0.1, -0.05) is 40.2 Å². The lowest BCUT2D eigenvalue weighted by Gasteiger charge is -2.05. The van der Waals surface area contributed by atoms with E-state index < -0.39 is 0 Å². The van der Waals surface area contributed by atoms with Gasteiger partial charge in [0.15, 0.2) is 5.43 Å². The van der Waals surface area contributed by atoms with Gasteiger partial charge in [-0.3, -0.25) is 4.79 Å². The zero-order valence-corrected chi connectivity index (χ0v) is 11.9. The normalized spacial score (nSPS) is 10.8. The molecule has 0 spiro atoms. The van der Waals surface area contributed by atoms with Gasteiger partial charge in [0.1, 0.15) is 11.3 Å². The number of fused-ring (bicyclic) bond motifs is 1. The minimum atomic E-state index is -0.0112. The molecule has 0 unspecified atom stereocenters. The highest BCUT2D eigenvalue weighted by Crippen LogP contribution is 2.25. The van der Waals surface area contributed by atoms with Gasteiger partial charge in [0.05, 0.1) is 5.39 Å². The van der Waals surface area contributed by atoms with Gasteiger partial charge in [-0.25, -0.2) is 0 Å². The zero-order valence-electron chi connectivity index (χ0n) is 10.3. The van der Waals surface area contributed by atoms with Gasteiger partial charge in [-0.05, 0) is 30.7 Å². The summed E-state index contributed by atoms with van der Waals surface area (Å²) in [6, 6.07) is 14.8. The molecule has 0 bridgehead atoms. The Hall–Kier alpha value is -1.87. The molecular weight excluding hydrogens is 304 g/mol. The van der Waals surface area contributed by atoms with E-state index in [0.717, 1.165) is 15.6 Å². The molecule has 3 heteroatoms. The number of hydrogen-bond acceptors (Lipinski definition) is 2. The molecule has 3 aromatic rings. The molecule has 0 saturated heterocycles. The molecule has 0 fully saturated rings. The lowest BCUT2D eigenvalue weighted by atomic mass is 10.1. The number of aryl methyl sites for hydroxylation is 1. The fraction of sp³-hybridized carbons (Fsp3) is 0.0625. The van der Waals surface area contributed by atoms with Crippen molar-refractivity contribution in [2.75, 3.05) is 0 Å².